The van der Waals surface area contributed by atoms with E-state index >= 15 is 0 Å². The van der Waals surface area contributed by atoms with Crippen molar-refractivity contribution in [1.82, 2.24) is 4.90 Å². The van der Waals surface area contributed by atoms with Crippen LogP contribution in [0.1, 0.15) is 40.0 Å². The molecule has 0 N–H and O–H groups in total. The molecule has 1 rings (SSSR count). The summed E-state index contributed by atoms with van der Waals surface area (Å²) < 4.78 is 10.3. The Bertz CT molecular complexity index is 333. The second-order valence-corrected chi connectivity index (χ2v) is 6.51. The topological polar surface area (TPSA) is 55.8 Å². The summed E-state index contributed by atoms with van der Waals surface area (Å²) in [5.41, 5.74) is -0.468. The van der Waals surface area contributed by atoms with E-state index < -0.39 is 5.60 Å². The number of piperidine rings is 1. The van der Waals surface area contributed by atoms with Crippen molar-refractivity contribution in [2.24, 2.45) is 5.92 Å². The van der Waals surface area contributed by atoms with Gasteiger partial charge in [0, 0.05) is 25.3 Å². The summed E-state index contributed by atoms with van der Waals surface area (Å²) in [6, 6.07) is 0. The monoisotopic (exact) mass is 303 g/mol. The van der Waals surface area contributed by atoms with E-state index in [0.29, 0.717) is 37.8 Å². The zero-order valence-electron chi connectivity index (χ0n) is 12.6. The molecule has 116 valence electrons. The van der Waals surface area contributed by atoms with Crippen LogP contribution < -0.4 is 0 Å². The highest BCUT2D eigenvalue weighted by Crippen LogP contribution is 2.22. The summed E-state index contributed by atoms with van der Waals surface area (Å²) in [5.74, 6) is 0.666. The number of esters is 1. The minimum atomic E-state index is -0.468. The number of carbonyl (C=O) groups is 2. The molecule has 0 aromatic carbocycles. The van der Waals surface area contributed by atoms with E-state index in [1.807, 2.05) is 20.8 Å². The van der Waals surface area contributed by atoms with Crippen molar-refractivity contribution in [3.63, 3.8) is 0 Å². The van der Waals surface area contributed by atoms with Crippen molar-refractivity contribution in [3.8, 4) is 0 Å². The first kappa shape index (κ1) is 17.1. The Morgan fingerprint density at radius 1 is 1.25 bits per heavy atom. The molecule has 0 radical (unpaired) electrons. The van der Waals surface area contributed by atoms with E-state index in [2.05, 4.69) is 12.6 Å². The Balaban J connectivity index is 2.29. The van der Waals surface area contributed by atoms with Gasteiger partial charge in [-0.25, -0.2) is 4.79 Å². The van der Waals surface area contributed by atoms with E-state index in [9.17, 15) is 9.59 Å². The highest BCUT2D eigenvalue weighted by molar-refractivity contribution is 7.80. The zero-order chi connectivity index (χ0) is 15.2. The van der Waals surface area contributed by atoms with E-state index in [1.54, 1.807) is 4.90 Å². The Morgan fingerprint density at radius 2 is 1.85 bits per heavy atom. The van der Waals surface area contributed by atoms with Crippen molar-refractivity contribution in [2.75, 3.05) is 25.4 Å². The fourth-order valence-electron chi connectivity index (χ4n) is 2.10. The number of nitrogens with zero attached hydrogens (tertiary/aromatic N) is 1. The molecule has 1 amide bonds. The first-order valence-corrected chi connectivity index (χ1v) is 7.69. The smallest absolute Gasteiger partial charge is 0.410 e. The highest BCUT2D eigenvalue weighted by Gasteiger charge is 2.27. The largest absolute Gasteiger partial charge is 0.465 e. The molecule has 0 unspecified atom stereocenters. The lowest BCUT2D eigenvalue weighted by atomic mass is 9.94. The van der Waals surface area contributed by atoms with Gasteiger partial charge in [0.2, 0.25) is 0 Å². The fourth-order valence-corrected chi connectivity index (χ4v) is 2.19. The third-order valence-corrected chi connectivity index (χ3v) is 3.26. The molecule has 0 atom stereocenters. The van der Waals surface area contributed by atoms with E-state index in [1.165, 1.54) is 0 Å². The number of likely N-dealkylation sites (tertiary alicyclic amines) is 1. The van der Waals surface area contributed by atoms with Crippen LogP contribution in [0.15, 0.2) is 0 Å². The molecule has 0 bridgehead atoms. The van der Waals surface area contributed by atoms with Gasteiger partial charge in [-0.1, -0.05) is 0 Å². The molecule has 20 heavy (non-hydrogen) atoms. The molecule has 1 saturated heterocycles. The van der Waals surface area contributed by atoms with Gasteiger partial charge in [0.25, 0.3) is 0 Å². The van der Waals surface area contributed by atoms with E-state index in [-0.39, 0.29) is 12.1 Å². The normalized spacial score (nSPS) is 16.9. The van der Waals surface area contributed by atoms with Crippen molar-refractivity contribution in [2.45, 2.75) is 45.6 Å². The van der Waals surface area contributed by atoms with Crippen molar-refractivity contribution in [3.05, 3.63) is 0 Å². The highest BCUT2D eigenvalue weighted by atomic mass is 32.1. The van der Waals surface area contributed by atoms with Crippen LogP contribution in [-0.2, 0) is 14.3 Å². The van der Waals surface area contributed by atoms with Crippen molar-refractivity contribution in [1.29, 1.82) is 0 Å². The molecule has 1 heterocycles. The molecule has 1 aliphatic rings. The molecule has 0 spiro atoms. The number of rotatable bonds is 4. The zero-order valence-corrected chi connectivity index (χ0v) is 13.4. The van der Waals surface area contributed by atoms with Gasteiger partial charge in [-0.3, -0.25) is 4.79 Å². The van der Waals surface area contributed by atoms with Crippen LogP contribution in [0.4, 0.5) is 4.79 Å². The number of carbonyl (C=O) groups excluding carboxylic acids is 2. The lowest BCUT2D eigenvalue weighted by Gasteiger charge is -2.33. The Morgan fingerprint density at radius 3 is 2.35 bits per heavy atom. The third kappa shape index (κ3) is 6.50. The molecule has 0 aliphatic carbocycles. The SMILES string of the molecule is CC(C)(C)OC(=O)N1CCC(CC(=O)OCCS)CC1. The minimum Gasteiger partial charge on any atom is -0.465 e. The van der Waals surface area contributed by atoms with Crippen LogP contribution in [0, 0.1) is 5.92 Å². The van der Waals surface area contributed by atoms with Gasteiger partial charge in [-0.2, -0.15) is 12.6 Å². The number of thiol groups is 1. The summed E-state index contributed by atoms with van der Waals surface area (Å²) in [5, 5.41) is 0. The molecule has 5 nitrogen and oxygen atoms in total. The van der Waals surface area contributed by atoms with Gasteiger partial charge in [0.15, 0.2) is 0 Å². The van der Waals surface area contributed by atoms with Gasteiger partial charge in [0.05, 0.1) is 0 Å². The summed E-state index contributed by atoms with van der Waals surface area (Å²) in [6.45, 7) is 7.21. The van der Waals surface area contributed by atoms with E-state index in [0.717, 1.165) is 12.8 Å². The molecule has 0 saturated carbocycles. The molecule has 0 aromatic rings. The molecular formula is C14H25NO4S. The lowest BCUT2D eigenvalue weighted by Crippen LogP contribution is -2.42. The van der Waals surface area contributed by atoms with Crippen LogP contribution in [-0.4, -0.2) is 48.0 Å². The first-order valence-electron chi connectivity index (χ1n) is 7.06. The van der Waals surface area contributed by atoms with Crippen molar-refractivity contribution < 1.29 is 19.1 Å². The molecule has 0 aromatic heterocycles. The fraction of sp³-hybridized carbons (Fsp3) is 0.857. The minimum absolute atomic E-state index is 0.172. The molecule has 1 fully saturated rings. The maximum atomic E-state index is 11.9. The Hall–Kier alpha value is -0.910. The second-order valence-electron chi connectivity index (χ2n) is 6.06. The van der Waals surface area contributed by atoms with Gasteiger partial charge in [-0.05, 0) is 39.5 Å². The van der Waals surface area contributed by atoms with Gasteiger partial charge >= 0.3 is 12.1 Å². The van der Waals surface area contributed by atoms with Gasteiger partial charge < -0.3 is 14.4 Å². The standard InChI is InChI=1S/C14H25NO4S/c1-14(2,3)19-13(17)15-6-4-11(5-7-15)10-12(16)18-8-9-20/h11,20H,4-10H2,1-3H3. The summed E-state index contributed by atoms with van der Waals surface area (Å²) in [4.78, 5) is 25.1. The quantitative estimate of drug-likeness (QED) is 0.640. The van der Waals surface area contributed by atoms with Gasteiger partial charge in [-0.15, -0.1) is 0 Å². The molecular weight excluding hydrogens is 278 g/mol. The molecule has 1 aliphatic heterocycles. The van der Waals surface area contributed by atoms with E-state index in [4.69, 9.17) is 9.47 Å². The van der Waals surface area contributed by atoms with Crippen LogP contribution in [0.5, 0.6) is 0 Å². The number of amides is 1. The second kappa shape index (κ2) is 7.76. The first-order chi connectivity index (χ1) is 9.31. The number of hydrogen-bond acceptors (Lipinski definition) is 5. The number of hydrogen-bond donors (Lipinski definition) is 1. The van der Waals surface area contributed by atoms with Crippen LogP contribution in [0.25, 0.3) is 0 Å². The molecule has 6 heteroatoms. The summed E-state index contributed by atoms with van der Waals surface area (Å²) in [6.07, 6.45) is 1.79. The van der Waals surface area contributed by atoms with Crippen LogP contribution in [0.3, 0.4) is 0 Å². The average Bonchev–Trinajstić information content (AvgIpc) is 2.35. The maximum Gasteiger partial charge on any atom is 0.410 e. The predicted octanol–water partition coefficient (Wildman–Crippen LogP) is 2.50. The predicted molar refractivity (Wildman–Crippen MR) is 80.0 cm³/mol. The van der Waals surface area contributed by atoms with Crippen LogP contribution >= 0.6 is 12.6 Å². The average molecular weight is 303 g/mol. The number of ether oxygens (including phenoxy) is 2. The Kier molecular flexibility index (Phi) is 6.65. The summed E-state index contributed by atoms with van der Waals surface area (Å²) >= 11 is 3.99. The lowest BCUT2D eigenvalue weighted by molar-refractivity contribution is -0.144. The third-order valence-electron chi connectivity index (χ3n) is 3.08. The van der Waals surface area contributed by atoms with Crippen molar-refractivity contribution >= 4 is 24.7 Å². The summed E-state index contributed by atoms with van der Waals surface area (Å²) in [7, 11) is 0. The van der Waals surface area contributed by atoms with Gasteiger partial charge in [0.1, 0.15) is 12.2 Å². The maximum absolute atomic E-state index is 11.9. The Labute approximate surface area is 126 Å². The van der Waals surface area contributed by atoms with Crippen LogP contribution in [0.2, 0.25) is 0 Å².